The molecule has 0 aliphatic carbocycles. The molecular weight excluding hydrogens is 320 g/mol. The van der Waals surface area contributed by atoms with Gasteiger partial charge in [0.1, 0.15) is 11.9 Å². The maximum Gasteiger partial charge on any atom is 0.227 e. The van der Waals surface area contributed by atoms with Crippen LogP contribution in [0.4, 0.5) is 0 Å². The van der Waals surface area contributed by atoms with Gasteiger partial charge in [-0.05, 0) is 20.3 Å². The number of morpholine rings is 1. The number of nitrogens with zero attached hydrogens (tertiary/aromatic N) is 5. The van der Waals surface area contributed by atoms with E-state index in [-0.39, 0.29) is 12.0 Å². The fourth-order valence-electron chi connectivity index (χ4n) is 3.17. The summed E-state index contributed by atoms with van der Waals surface area (Å²) in [7, 11) is 1.90. The van der Waals surface area contributed by atoms with Gasteiger partial charge in [0.25, 0.3) is 0 Å². The van der Waals surface area contributed by atoms with Gasteiger partial charge in [-0.2, -0.15) is 10.2 Å². The highest BCUT2D eigenvalue weighted by Crippen LogP contribution is 2.21. The third kappa shape index (κ3) is 3.73. The first-order valence-electron chi connectivity index (χ1n) is 8.79. The first kappa shape index (κ1) is 17.6. The van der Waals surface area contributed by atoms with Crippen molar-refractivity contribution in [3.8, 4) is 0 Å². The Morgan fingerprint density at radius 3 is 2.88 bits per heavy atom. The molecule has 0 spiro atoms. The molecule has 1 fully saturated rings. The first-order valence-corrected chi connectivity index (χ1v) is 8.79. The van der Waals surface area contributed by atoms with Crippen molar-refractivity contribution in [1.29, 1.82) is 0 Å². The first-order chi connectivity index (χ1) is 12.0. The predicted molar refractivity (Wildman–Crippen MR) is 92.0 cm³/mol. The summed E-state index contributed by atoms with van der Waals surface area (Å²) < 4.78 is 7.60. The zero-order valence-corrected chi connectivity index (χ0v) is 15.4. The van der Waals surface area contributed by atoms with Gasteiger partial charge in [-0.15, -0.1) is 0 Å². The molecule has 8 heteroatoms. The Labute approximate surface area is 147 Å². The van der Waals surface area contributed by atoms with Gasteiger partial charge in [-0.3, -0.25) is 14.6 Å². The van der Waals surface area contributed by atoms with E-state index >= 15 is 0 Å². The molecule has 8 nitrogen and oxygen atoms in total. The highest BCUT2D eigenvalue weighted by atomic mass is 16.5. The molecule has 136 valence electrons. The topological polar surface area (TPSA) is 88.9 Å². The maximum absolute atomic E-state index is 12.8. The minimum Gasteiger partial charge on any atom is -0.366 e. The highest BCUT2D eigenvalue weighted by molar-refractivity contribution is 5.79. The van der Waals surface area contributed by atoms with Crippen LogP contribution < -0.4 is 0 Å². The smallest absolute Gasteiger partial charge is 0.227 e. The van der Waals surface area contributed by atoms with E-state index in [9.17, 15) is 4.79 Å². The Hall–Kier alpha value is -2.22. The van der Waals surface area contributed by atoms with E-state index in [2.05, 4.69) is 27.2 Å². The van der Waals surface area contributed by atoms with Gasteiger partial charge in [0.15, 0.2) is 5.82 Å². The van der Waals surface area contributed by atoms with Crippen LogP contribution in [0.15, 0.2) is 0 Å². The maximum atomic E-state index is 12.8. The Morgan fingerprint density at radius 2 is 2.20 bits per heavy atom. The zero-order chi connectivity index (χ0) is 18.0. The number of ether oxygens (including phenoxy) is 1. The van der Waals surface area contributed by atoms with E-state index in [1.54, 1.807) is 0 Å². The molecule has 1 amide bonds. The average molecular weight is 346 g/mol. The quantitative estimate of drug-likeness (QED) is 0.880. The number of hydrogen-bond donors (Lipinski definition) is 1. The molecule has 1 saturated heterocycles. The fourth-order valence-corrected chi connectivity index (χ4v) is 3.17. The second-order valence-electron chi connectivity index (χ2n) is 6.54. The summed E-state index contributed by atoms with van der Waals surface area (Å²) in [5.74, 6) is 1.60. The molecule has 1 aliphatic heterocycles. The molecule has 0 bridgehead atoms. The van der Waals surface area contributed by atoms with E-state index < -0.39 is 0 Å². The van der Waals surface area contributed by atoms with Crippen LogP contribution in [0.2, 0.25) is 0 Å². The lowest BCUT2D eigenvalue weighted by molar-refractivity contribution is -0.138. The number of carbonyl (C=O) groups excluding carboxylic acids is 1. The number of H-pyrrole nitrogens is 1. The summed E-state index contributed by atoms with van der Waals surface area (Å²) in [5.41, 5.74) is 2.96. The molecule has 0 radical (unpaired) electrons. The largest absolute Gasteiger partial charge is 0.366 e. The number of amides is 1. The lowest BCUT2D eigenvalue weighted by atomic mass is 10.1. The molecule has 1 unspecified atom stereocenters. The Kier molecular flexibility index (Phi) is 5.17. The number of carbonyl (C=O) groups is 1. The monoisotopic (exact) mass is 346 g/mol. The van der Waals surface area contributed by atoms with Crippen LogP contribution in [0, 0.1) is 13.8 Å². The van der Waals surface area contributed by atoms with Gasteiger partial charge >= 0.3 is 0 Å². The van der Waals surface area contributed by atoms with Crippen molar-refractivity contribution < 1.29 is 9.53 Å². The summed E-state index contributed by atoms with van der Waals surface area (Å²) in [5, 5.41) is 11.6. The zero-order valence-electron chi connectivity index (χ0n) is 15.4. The van der Waals surface area contributed by atoms with Gasteiger partial charge in [0, 0.05) is 31.3 Å². The molecule has 2 aromatic rings. The van der Waals surface area contributed by atoms with Crippen LogP contribution in [0.1, 0.15) is 48.0 Å². The van der Waals surface area contributed by atoms with Crippen molar-refractivity contribution in [1.82, 2.24) is 29.9 Å². The van der Waals surface area contributed by atoms with Crippen LogP contribution in [0.3, 0.4) is 0 Å². The summed E-state index contributed by atoms with van der Waals surface area (Å²) in [4.78, 5) is 19.1. The van der Waals surface area contributed by atoms with Crippen LogP contribution in [-0.2, 0) is 29.4 Å². The Morgan fingerprint density at radius 1 is 1.40 bits per heavy atom. The molecule has 25 heavy (non-hydrogen) atoms. The van der Waals surface area contributed by atoms with Crippen LogP contribution in [0.25, 0.3) is 0 Å². The van der Waals surface area contributed by atoms with E-state index in [1.807, 2.05) is 30.5 Å². The number of aryl methyl sites for hydroxylation is 3. The van der Waals surface area contributed by atoms with E-state index in [1.165, 1.54) is 0 Å². The lowest BCUT2D eigenvalue weighted by Crippen LogP contribution is -2.43. The van der Waals surface area contributed by atoms with Crippen LogP contribution in [0.5, 0.6) is 0 Å². The number of aromatic nitrogens is 5. The number of hydrogen-bond acceptors (Lipinski definition) is 5. The second kappa shape index (κ2) is 7.35. The molecule has 3 heterocycles. The SMILES string of the molecule is CCCc1nc(C2CN(C(=O)Cc3c(C)nn(C)c3C)CCO2)n[nH]1. The van der Waals surface area contributed by atoms with Crippen molar-refractivity contribution in [2.45, 2.75) is 46.1 Å². The van der Waals surface area contributed by atoms with Gasteiger partial charge < -0.3 is 9.64 Å². The number of nitrogens with one attached hydrogen (secondary N) is 1. The van der Waals surface area contributed by atoms with E-state index in [0.29, 0.717) is 31.9 Å². The minimum absolute atomic E-state index is 0.0943. The lowest BCUT2D eigenvalue weighted by Gasteiger charge is -2.31. The molecule has 1 N–H and O–H groups in total. The van der Waals surface area contributed by atoms with E-state index in [0.717, 1.165) is 35.6 Å². The van der Waals surface area contributed by atoms with Gasteiger partial charge in [0.2, 0.25) is 5.91 Å². The molecule has 1 aliphatic rings. The molecule has 3 rings (SSSR count). The average Bonchev–Trinajstić information content (AvgIpc) is 3.16. The van der Waals surface area contributed by atoms with Crippen molar-refractivity contribution in [3.63, 3.8) is 0 Å². The van der Waals surface area contributed by atoms with Gasteiger partial charge in [-0.25, -0.2) is 4.98 Å². The Balaban J connectivity index is 1.66. The molecule has 1 atom stereocenters. The summed E-state index contributed by atoms with van der Waals surface area (Å²) in [6.07, 6.45) is 1.97. The molecular formula is C17H26N6O2. The standard InChI is InChI=1S/C17H26N6O2/c1-5-6-15-18-17(20-19-15)14-10-23(7-8-25-14)16(24)9-13-11(2)21-22(4)12(13)3/h14H,5-10H2,1-4H3,(H,18,19,20). The summed E-state index contributed by atoms with van der Waals surface area (Å²) in [6, 6.07) is 0. The second-order valence-corrected chi connectivity index (χ2v) is 6.54. The van der Waals surface area contributed by atoms with Crippen molar-refractivity contribution in [2.75, 3.05) is 19.7 Å². The van der Waals surface area contributed by atoms with Crippen molar-refractivity contribution >= 4 is 5.91 Å². The van der Waals surface area contributed by atoms with Crippen molar-refractivity contribution in [3.05, 3.63) is 28.6 Å². The van der Waals surface area contributed by atoms with Gasteiger partial charge in [-0.1, -0.05) is 6.92 Å². The van der Waals surface area contributed by atoms with Crippen LogP contribution in [-0.4, -0.2) is 55.5 Å². The number of rotatable bonds is 5. The summed E-state index contributed by atoms with van der Waals surface area (Å²) in [6.45, 7) is 7.62. The van der Waals surface area contributed by atoms with Gasteiger partial charge in [0.05, 0.1) is 25.3 Å². The highest BCUT2D eigenvalue weighted by Gasteiger charge is 2.29. The third-order valence-corrected chi connectivity index (χ3v) is 4.73. The third-order valence-electron chi connectivity index (χ3n) is 4.73. The minimum atomic E-state index is -0.268. The number of aromatic amines is 1. The molecule has 0 saturated carbocycles. The normalized spacial score (nSPS) is 17.9. The molecule has 2 aromatic heterocycles. The van der Waals surface area contributed by atoms with E-state index in [4.69, 9.17) is 4.74 Å². The summed E-state index contributed by atoms with van der Waals surface area (Å²) >= 11 is 0. The predicted octanol–water partition coefficient (Wildman–Crippen LogP) is 1.25. The molecule has 0 aromatic carbocycles. The fraction of sp³-hybridized carbons (Fsp3) is 0.647. The van der Waals surface area contributed by atoms with Crippen LogP contribution >= 0.6 is 0 Å². The van der Waals surface area contributed by atoms with Crippen molar-refractivity contribution in [2.24, 2.45) is 7.05 Å². The Bertz CT molecular complexity index is 750.